The minimum absolute atomic E-state index is 0. The molecule has 1 amide bonds. The van der Waals surface area contributed by atoms with Gasteiger partial charge >= 0.3 is 0 Å². The number of fused-ring (bicyclic) bond motifs is 3. The van der Waals surface area contributed by atoms with E-state index in [1.54, 1.807) is 0 Å². The first kappa shape index (κ1) is 15.0. The lowest BCUT2D eigenvalue weighted by atomic mass is 10.0. The van der Waals surface area contributed by atoms with Crippen LogP contribution >= 0.6 is 11.3 Å². The van der Waals surface area contributed by atoms with Gasteiger partial charge in [-0.05, 0) is 6.07 Å². The van der Waals surface area contributed by atoms with Crippen molar-refractivity contribution in [1.29, 1.82) is 0 Å². The zero-order valence-electron chi connectivity index (χ0n) is 12.8. The van der Waals surface area contributed by atoms with Gasteiger partial charge in [-0.1, -0.05) is 29.5 Å². The van der Waals surface area contributed by atoms with Crippen LogP contribution in [0.4, 0.5) is 5.13 Å². The number of para-hydroxylation sites is 1. The van der Waals surface area contributed by atoms with Crippen LogP contribution in [-0.2, 0) is 17.8 Å². The standard InChI is InChI=1S/C16H15N5O2S.H2/c22-14(15(23)19-16-20-18-9-24-16)13-10-3-1-2-4-11(10)21-8-7-17-6-5-12(13)21;/h1-4,9,17H,5-8H2,(H,19,20,23);1H. The second-order valence-corrected chi connectivity index (χ2v) is 6.35. The Kier molecular flexibility index (Phi) is 3.83. The lowest BCUT2D eigenvalue weighted by molar-refractivity contribution is -0.112. The summed E-state index contributed by atoms with van der Waals surface area (Å²) in [7, 11) is 0. The van der Waals surface area contributed by atoms with Gasteiger partial charge in [0.05, 0.1) is 5.56 Å². The average molecular weight is 343 g/mol. The largest absolute Gasteiger partial charge is 0.343 e. The number of aromatic nitrogens is 3. The number of hydrogen-bond acceptors (Lipinski definition) is 6. The third-order valence-corrected chi connectivity index (χ3v) is 4.75. The van der Waals surface area contributed by atoms with Crippen molar-refractivity contribution in [2.45, 2.75) is 13.0 Å². The number of Topliss-reactive ketones (excluding diaryl/α,β-unsaturated/α-hetero) is 1. The molecule has 2 N–H and O–H groups in total. The van der Waals surface area contributed by atoms with Gasteiger partial charge in [-0.15, -0.1) is 10.2 Å². The fourth-order valence-electron chi connectivity index (χ4n) is 3.14. The summed E-state index contributed by atoms with van der Waals surface area (Å²) in [4.78, 5) is 25.2. The highest BCUT2D eigenvalue weighted by Crippen LogP contribution is 2.28. The SMILES string of the molecule is O=C(Nc1nncs1)C(=O)c1c2n(c3ccccc13)CCNCC2.[HH]. The van der Waals surface area contributed by atoms with E-state index in [9.17, 15) is 9.59 Å². The van der Waals surface area contributed by atoms with Gasteiger partial charge in [0.1, 0.15) is 5.51 Å². The topological polar surface area (TPSA) is 88.9 Å². The van der Waals surface area contributed by atoms with Gasteiger partial charge in [0.25, 0.3) is 11.7 Å². The van der Waals surface area contributed by atoms with Gasteiger partial charge in [0.2, 0.25) is 5.13 Å². The number of benzene rings is 1. The molecule has 0 saturated carbocycles. The summed E-state index contributed by atoms with van der Waals surface area (Å²) in [5.41, 5.74) is 3.91. The quantitative estimate of drug-likeness (QED) is 0.558. The van der Waals surface area contributed by atoms with E-state index >= 15 is 0 Å². The number of carbonyl (C=O) groups excluding carboxylic acids is 2. The molecule has 1 aliphatic rings. The van der Waals surface area contributed by atoms with Crippen molar-refractivity contribution in [2.24, 2.45) is 0 Å². The first-order chi connectivity index (χ1) is 11.8. The molecule has 0 saturated heterocycles. The van der Waals surface area contributed by atoms with E-state index in [-0.39, 0.29) is 1.43 Å². The maximum atomic E-state index is 12.8. The van der Waals surface area contributed by atoms with Crippen LogP contribution in [0.2, 0.25) is 0 Å². The van der Waals surface area contributed by atoms with Crippen molar-refractivity contribution in [2.75, 3.05) is 18.4 Å². The van der Waals surface area contributed by atoms with Gasteiger partial charge in [0.15, 0.2) is 0 Å². The Morgan fingerprint density at radius 3 is 3.00 bits per heavy atom. The molecule has 0 radical (unpaired) electrons. The minimum atomic E-state index is -0.678. The van der Waals surface area contributed by atoms with Crippen molar-refractivity contribution in [3.63, 3.8) is 0 Å². The zero-order valence-corrected chi connectivity index (χ0v) is 13.6. The summed E-state index contributed by atoms with van der Waals surface area (Å²) < 4.78 is 2.14. The fourth-order valence-corrected chi connectivity index (χ4v) is 3.58. The molecule has 0 aliphatic carbocycles. The van der Waals surface area contributed by atoms with Crippen molar-refractivity contribution in [3.8, 4) is 0 Å². The second kappa shape index (κ2) is 6.14. The van der Waals surface area contributed by atoms with Gasteiger partial charge in [-0.25, -0.2) is 0 Å². The number of carbonyl (C=O) groups is 2. The monoisotopic (exact) mass is 343 g/mol. The molecule has 7 nitrogen and oxygen atoms in total. The van der Waals surface area contributed by atoms with Crippen LogP contribution in [0.5, 0.6) is 0 Å². The van der Waals surface area contributed by atoms with Crippen LogP contribution in [0.15, 0.2) is 29.8 Å². The number of amides is 1. The first-order valence-corrected chi connectivity index (χ1v) is 8.56. The summed E-state index contributed by atoms with van der Waals surface area (Å²) >= 11 is 1.18. The molecule has 0 bridgehead atoms. The summed E-state index contributed by atoms with van der Waals surface area (Å²) in [6.45, 7) is 2.41. The maximum Gasteiger partial charge on any atom is 0.298 e. The number of anilines is 1. The molecule has 1 aromatic carbocycles. The molecule has 0 spiro atoms. The summed E-state index contributed by atoms with van der Waals surface area (Å²) in [5.74, 6) is -1.21. The summed E-state index contributed by atoms with van der Waals surface area (Å²) in [5, 5.41) is 14.4. The predicted molar refractivity (Wildman–Crippen MR) is 93.5 cm³/mol. The molecule has 0 fully saturated rings. The molecule has 0 unspecified atom stereocenters. The van der Waals surface area contributed by atoms with E-state index in [0.717, 1.165) is 36.2 Å². The van der Waals surface area contributed by atoms with Crippen LogP contribution in [0.25, 0.3) is 10.9 Å². The van der Waals surface area contributed by atoms with Crippen LogP contribution in [0, 0.1) is 0 Å². The zero-order chi connectivity index (χ0) is 16.5. The Hall–Kier alpha value is -2.58. The van der Waals surface area contributed by atoms with Crippen molar-refractivity contribution >= 4 is 39.1 Å². The van der Waals surface area contributed by atoms with Gasteiger partial charge in [-0.2, -0.15) is 0 Å². The summed E-state index contributed by atoms with van der Waals surface area (Å²) in [6.07, 6.45) is 0.710. The van der Waals surface area contributed by atoms with E-state index in [0.29, 0.717) is 17.1 Å². The number of nitrogens with zero attached hydrogens (tertiary/aromatic N) is 3. The van der Waals surface area contributed by atoms with Crippen molar-refractivity contribution < 1.29 is 11.0 Å². The molecule has 24 heavy (non-hydrogen) atoms. The molecule has 8 heteroatoms. The normalized spacial score (nSPS) is 14.2. The van der Waals surface area contributed by atoms with Gasteiger partial charge in [-0.3, -0.25) is 14.9 Å². The molecule has 124 valence electrons. The number of ketones is 1. The molecule has 2 aromatic heterocycles. The average Bonchev–Trinajstić information content (AvgIpc) is 3.13. The third-order valence-electron chi connectivity index (χ3n) is 4.14. The smallest absolute Gasteiger partial charge is 0.298 e. The highest BCUT2D eigenvalue weighted by atomic mass is 32.1. The van der Waals surface area contributed by atoms with E-state index < -0.39 is 11.7 Å². The summed E-state index contributed by atoms with van der Waals surface area (Å²) in [6, 6.07) is 7.73. The van der Waals surface area contributed by atoms with Gasteiger partial charge < -0.3 is 9.88 Å². The Bertz CT molecular complexity index is 922. The van der Waals surface area contributed by atoms with Gasteiger partial charge in [0, 0.05) is 44.1 Å². The molecule has 4 rings (SSSR count). The van der Waals surface area contributed by atoms with Crippen LogP contribution < -0.4 is 10.6 Å². The highest BCUT2D eigenvalue weighted by Gasteiger charge is 2.27. The Balaban J connectivity index is 0.00000182. The van der Waals surface area contributed by atoms with E-state index in [2.05, 4.69) is 25.4 Å². The van der Waals surface area contributed by atoms with Crippen LogP contribution in [0.3, 0.4) is 0 Å². The minimum Gasteiger partial charge on any atom is -0.343 e. The molecule has 3 aromatic rings. The van der Waals surface area contributed by atoms with E-state index in [1.165, 1.54) is 16.8 Å². The predicted octanol–water partition coefficient (Wildman–Crippen LogP) is 1.71. The lowest BCUT2D eigenvalue weighted by Crippen LogP contribution is -2.24. The van der Waals surface area contributed by atoms with E-state index in [1.807, 2.05) is 24.3 Å². The molecular formula is C16H17N5O2S. The van der Waals surface area contributed by atoms with Crippen molar-refractivity contribution in [1.82, 2.24) is 20.1 Å². The Labute approximate surface area is 143 Å². The van der Waals surface area contributed by atoms with Crippen molar-refractivity contribution in [3.05, 3.63) is 41.0 Å². The first-order valence-electron chi connectivity index (χ1n) is 7.68. The number of rotatable bonds is 3. The Morgan fingerprint density at radius 2 is 2.17 bits per heavy atom. The molecular weight excluding hydrogens is 326 g/mol. The third kappa shape index (κ3) is 2.49. The lowest BCUT2D eigenvalue weighted by Gasteiger charge is -2.06. The fraction of sp³-hybridized carbons (Fsp3) is 0.250. The maximum absolute atomic E-state index is 12.8. The molecule has 0 atom stereocenters. The number of nitrogens with one attached hydrogen (secondary N) is 2. The van der Waals surface area contributed by atoms with Crippen LogP contribution in [0.1, 0.15) is 17.5 Å². The second-order valence-electron chi connectivity index (χ2n) is 5.52. The molecule has 3 heterocycles. The number of hydrogen-bond donors (Lipinski definition) is 2. The van der Waals surface area contributed by atoms with E-state index in [4.69, 9.17) is 0 Å². The Morgan fingerprint density at radius 1 is 1.29 bits per heavy atom. The van der Waals surface area contributed by atoms with Crippen LogP contribution in [-0.4, -0.2) is 39.5 Å². The molecule has 1 aliphatic heterocycles. The highest BCUT2D eigenvalue weighted by molar-refractivity contribution is 7.13.